The van der Waals surface area contributed by atoms with E-state index in [1.807, 2.05) is 30.3 Å². The number of hydrogen-bond donors (Lipinski definition) is 0. The molecule has 0 N–H and O–H groups in total. The molecule has 5 aromatic rings. The van der Waals surface area contributed by atoms with Crippen molar-refractivity contribution < 1.29 is 4.39 Å². The molecule has 0 aliphatic carbocycles. The van der Waals surface area contributed by atoms with E-state index >= 15 is 0 Å². The summed E-state index contributed by atoms with van der Waals surface area (Å²) in [4.78, 5) is 16.7. The summed E-state index contributed by atoms with van der Waals surface area (Å²) in [5, 5.41) is 9.48. The quantitative estimate of drug-likeness (QED) is 0.476. The molecule has 29 heavy (non-hydrogen) atoms. The number of benzene rings is 2. The monoisotopic (exact) mass is 383 g/mol. The molecule has 0 aliphatic heterocycles. The van der Waals surface area contributed by atoms with E-state index in [9.17, 15) is 9.18 Å². The molecule has 7 heteroatoms. The minimum atomic E-state index is -0.415. The zero-order valence-corrected chi connectivity index (χ0v) is 15.1. The Morgan fingerprint density at radius 3 is 2.59 bits per heavy atom. The summed E-state index contributed by atoms with van der Waals surface area (Å²) in [6, 6.07) is 19.2. The predicted octanol–water partition coefficient (Wildman–Crippen LogP) is 3.77. The summed E-state index contributed by atoms with van der Waals surface area (Å²) in [5.41, 5.74) is 2.21. The first-order chi connectivity index (χ1) is 14.2. The van der Waals surface area contributed by atoms with E-state index in [4.69, 9.17) is 0 Å². The van der Waals surface area contributed by atoms with Gasteiger partial charge in [-0.2, -0.15) is 10.2 Å². The maximum atomic E-state index is 14.2. The van der Waals surface area contributed by atoms with Gasteiger partial charge in [0.2, 0.25) is 5.43 Å². The fourth-order valence-electron chi connectivity index (χ4n) is 3.29. The van der Waals surface area contributed by atoms with Crippen LogP contribution >= 0.6 is 0 Å². The highest BCUT2D eigenvalue weighted by molar-refractivity contribution is 5.87. The van der Waals surface area contributed by atoms with E-state index in [2.05, 4.69) is 15.2 Å². The van der Waals surface area contributed by atoms with Crippen LogP contribution in [0.2, 0.25) is 0 Å². The third-order valence-electron chi connectivity index (χ3n) is 4.64. The minimum Gasteiger partial charge on any atom is -0.287 e. The molecule has 0 radical (unpaired) electrons. The van der Waals surface area contributed by atoms with Crippen LogP contribution in [0.4, 0.5) is 4.39 Å². The van der Waals surface area contributed by atoms with Gasteiger partial charge in [0, 0.05) is 23.8 Å². The summed E-state index contributed by atoms with van der Waals surface area (Å²) < 4.78 is 17.4. The predicted molar refractivity (Wildman–Crippen MR) is 108 cm³/mol. The highest BCUT2D eigenvalue weighted by Crippen LogP contribution is 2.25. The van der Waals surface area contributed by atoms with Crippen LogP contribution in [0.1, 0.15) is 0 Å². The van der Waals surface area contributed by atoms with Crippen LogP contribution in [0.3, 0.4) is 0 Å². The van der Waals surface area contributed by atoms with Gasteiger partial charge >= 0.3 is 0 Å². The normalized spacial score (nSPS) is 11.1. The number of rotatable bonds is 3. The molecule has 0 unspecified atom stereocenters. The number of hydrogen-bond acceptors (Lipinski definition) is 4. The van der Waals surface area contributed by atoms with Crippen molar-refractivity contribution in [2.75, 3.05) is 0 Å². The standard InChI is InChI=1S/C22H14FN5O/c23-17-8-4-7-16-18(9-12-24-21(16)17)28-19(10-13-25-28)22-20(29)11-14-27(26-22)15-5-2-1-3-6-15/h1-14H. The van der Waals surface area contributed by atoms with E-state index in [1.54, 1.807) is 46.0 Å². The Labute approximate surface area is 164 Å². The Kier molecular flexibility index (Phi) is 3.98. The molecule has 2 aromatic carbocycles. The van der Waals surface area contributed by atoms with Crippen LogP contribution in [0.5, 0.6) is 0 Å². The third kappa shape index (κ3) is 2.89. The summed E-state index contributed by atoms with van der Waals surface area (Å²) in [6.45, 7) is 0. The van der Waals surface area contributed by atoms with Gasteiger partial charge in [0.1, 0.15) is 11.3 Å². The van der Waals surface area contributed by atoms with E-state index in [0.717, 1.165) is 5.69 Å². The van der Waals surface area contributed by atoms with Gasteiger partial charge < -0.3 is 0 Å². The van der Waals surface area contributed by atoms with Gasteiger partial charge in [-0.3, -0.25) is 9.78 Å². The minimum absolute atomic E-state index is 0.233. The van der Waals surface area contributed by atoms with Crippen molar-refractivity contribution >= 4 is 10.9 Å². The topological polar surface area (TPSA) is 65.6 Å². The molecule has 0 bridgehead atoms. The summed E-state index contributed by atoms with van der Waals surface area (Å²) in [6.07, 6.45) is 4.73. The van der Waals surface area contributed by atoms with Crippen molar-refractivity contribution in [3.8, 4) is 22.8 Å². The van der Waals surface area contributed by atoms with Gasteiger partial charge in [-0.15, -0.1) is 0 Å². The van der Waals surface area contributed by atoms with Crippen LogP contribution in [-0.4, -0.2) is 24.5 Å². The molecule has 6 nitrogen and oxygen atoms in total. The van der Waals surface area contributed by atoms with Crippen LogP contribution in [0.25, 0.3) is 33.7 Å². The van der Waals surface area contributed by atoms with Gasteiger partial charge in [0.15, 0.2) is 5.69 Å². The zero-order valence-electron chi connectivity index (χ0n) is 15.1. The van der Waals surface area contributed by atoms with Crippen molar-refractivity contribution in [3.05, 3.63) is 101 Å². The molecule has 3 heterocycles. The summed E-state index contributed by atoms with van der Waals surface area (Å²) in [5.74, 6) is -0.415. The lowest BCUT2D eigenvalue weighted by atomic mass is 10.1. The number of aromatic nitrogens is 5. The van der Waals surface area contributed by atoms with E-state index in [1.165, 1.54) is 18.3 Å². The molecule has 0 fully saturated rings. The number of pyridine rings is 1. The Morgan fingerprint density at radius 2 is 1.72 bits per heavy atom. The van der Waals surface area contributed by atoms with Crippen molar-refractivity contribution in [2.24, 2.45) is 0 Å². The van der Waals surface area contributed by atoms with Gasteiger partial charge in [-0.25, -0.2) is 13.8 Å². The smallest absolute Gasteiger partial charge is 0.209 e. The van der Waals surface area contributed by atoms with Crippen LogP contribution in [-0.2, 0) is 0 Å². The van der Waals surface area contributed by atoms with Gasteiger partial charge in [0.05, 0.1) is 23.3 Å². The molecule has 0 aliphatic rings. The highest BCUT2D eigenvalue weighted by Gasteiger charge is 2.16. The second-order valence-electron chi connectivity index (χ2n) is 6.40. The Hall–Kier alpha value is -4.13. The molecule has 0 saturated carbocycles. The van der Waals surface area contributed by atoms with Gasteiger partial charge in [0.25, 0.3) is 0 Å². The molecule has 3 aromatic heterocycles. The fraction of sp³-hybridized carbons (Fsp3) is 0. The molecule has 0 atom stereocenters. The number of nitrogens with zero attached hydrogens (tertiary/aromatic N) is 5. The van der Waals surface area contributed by atoms with Crippen molar-refractivity contribution in [3.63, 3.8) is 0 Å². The Balaban J connectivity index is 1.72. The highest BCUT2D eigenvalue weighted by atomic mass is 19.1. The van der Waals surface area contributed by atoms with Gasteiger partial charge in [-0.05, 0) is 30.3 Å². The molecule has 140 valence electrons. The lowest BCUT2D eigenvalue weighted by Gasteiger charge is -2.11. The Bertz CT molecular complexity index is 1390. The van der Waals surface area contributed by atoms with Crippen LogP contribution in [0, 0.1) is 5.82 Å². The molecular formula is C22H14FN5O. The maximum absolute atomic E-state index is 14.2. The van der Waals surface area contributed by atoms with Crippen LogP contribution < -0.4 is 5.43 Å². The number of fused-ring (bicyclic) bond motifs is 1. The summed E-state index contributed by atoms with van der Waals surface area (Å²) >= 11 is 0. The van der Waals surface area contributed by atoms with Crippen LogP contribution in [0.15, 0.2) is 90.1 Å². The van der Waals surface area contributed by atoms with E-state index < -0.39 is 5.82 Å². The first-order valence-corrected chi connectivity index (χ1v) is 8.96. The molecule has 0 amide bonds. The second kappa shape index (κ2) is 6.79. The van der Waals surface area contributed by atoms with Crippen molar-refractivity contribution in [1.29, 1.82) is 0 Å². The molecule has 0 spiro atoms. The first kappa shape index (κ1) is 17.0. The molecule has 5 rings (SSSR count). The third-order valence-corrected chi connectivity index (χ3v) is 4.64. The van der Waals surface area contributed by atoms with Crippen molar-refractivity contribution in [1.82, 2.24) is 24.5 Å². The SMILES string of the molecule is O=c1ccn(-c2ccccc2)nc1-c1ccnn1-c1ccnc2c(F)cccc12. The lowest BCUT2D eigenvalue weighted by Crippen LogP contribution is -2.15. The maximum Gasteiger partial charge on any atom is 0.209 e. The largest absolute Gasteiger partial charge is 0.287 e. The fourth-order valence-corrected chi connectivity index (χ4v) is 3.29. The molecule has 0 saturated heterocycles. The Morgan fingerprint density at radius 1 is 0.862 bits per heavy atom. The lowest BCUT2D eigenvalue weighted by molar-refractivity contribution is 0.636. The summed E-state index contributed by atoms with van der Waals surface area (Å²) in [7, 11) is 0. The average molecular weight is 383 g/mol. The van der Waals surface area contributed by atoms with Crippen molar-refractivity contribution in [2.45, 2.75) is 0 Å². The average Bonchev–Trinajstić information content (AvgIpc) is 3.24. The molecular weight excluding hydrogens is 369 g/mol. The number of halogens is 1. The first-order valence-electron chi connectivity index (χ1n) is 8.96. The zero-order chi connectivity index (χ0) is 19.8. The van der Waals surface area contributed by atoms with Gasteiger partial charge in [-0.1, -0.05) is 30.3 Å². The number of para-hydroxylation sites is 2. The van der Waals surface area contributed by atoms with E-state index in [-0.39, 0.29) is 16.6 Å². The van der Waals surface area contributed by atoms with E-state index in [0.29, 0.717) is 16.8 Å². The second-order valence-corrected chi connectivity index (χ2v) is 6.40.